The fourth-order valence-electron chi connectivity index (χ4n) is 3.78. The van der Waals surface area contributed by atoms with Gasteiger partial charge in [-0.15, -0.1) is 0 Å². The first-order chi connectivity index (χ1) is 17.4. The Bertz CT molecular complexity index is 1070. The molecule has 0 saturated carbocycles. The number of hydrogen-bond acceptors (Lipinski definition) is 6. The molecule has 10 heteroatoms. The van der Waals surface area contributed by atoms with E-state index in [1.807, 2.05) is 6.92 Å². The Morgan fingerprint density at radius 1 is 0.972 bits per heavy atom. The molecule has 36 heavy (non-hydrogen) atoms. The van der Waals surface area contributed by atoms with Gasteiger partial charge in [-0.2, -0.15) is 0 Å². The van der Waals surface area contributed by atoms with Gasteiger partial charge in [0.2, 0.25) is 16.9 Å². The van der Waals surface area contributed by atoms with Gasteiger partial charge in [0.1, 0.15) is 17.5 Å². The summed E-state index contributed by atoms with van der Waals surface area (Å²) in [6.07, 6.45) is 2.72. The van der Waals surface area contributed by atoms with Crippen molar-refractivity contribution in [1.29, 1.82) is 0 Å². The van der Waals surface area contributed by atoms with Gasteiger partial charge in [0.15, 0.2) is 0 Å². The molecule has 1 unspecified atom stereocenters. The highest BCUT2D eigenvalue weighted by atomic mass is 32.1. The largest absolute Gasteiger partial charge is 0.497 e. The zero-order valence-electron chi connectivity index (χ0n) is 20.8. The van der Waals surface area contributed by atoms with E-state index in [9.17, 15) is 14.4 Å². The third-order valence-electron chi connectivity index (χ3n) is 5.63. The van der Waals surface area contributed by atoms with Crippen LogP contribution >= 0.6 is 12.2 Å². The zero-order valence-corrected chi connectivity index (χ0v) is 21.6. The topological polar surface area (TPSA) is 100 Å². The lowest BCUT2D eigenvalue weighted by atomic mass is 10.1. The number of benzene rings is 2. The summed E-state index contributed by atoms with van der Waals surface area (Å²) in [6.45, 7) is 4.49. The van der Waals surface area contributed by atoms with E-state index in [2.05, 4.69) is 17.7 Å². The quantitative estimate of drug-likeness (QED) is 0.327. The van der Waals surface area contributed by atoms with Crippen LogP contribution in [0.15, 0.2) is 48.5 Å². The summed E-state index contributed by atoms with van der Waals surface area (Å²) in [4.78, 5) is 40.3. The molecule has 2 N–H and O–H groups in total. The summed E-state index contributed by atoms with van der Waals surface area (Å²) in [6, 6.07) is 12.8. The second-order valence-electron chi connectivity index (χ2n) is 8.24. The third-order valence-corrected chi connectivity index (χ3v) is 6.00. The van der Waals surface area contributed by atoms with Crippen LogP contribution in [-0.2, 0) is 14.4 Å². The number of hydrogen-bond donors (Lipinski definition) is 2. The molecule has 0 spiro atoms. The Morgan fingerprint density at radius 2 is 1.64 bits per heavy atom. The van der Waals surface area contributed by atoms with Crippen molar-refractivity contribution < 1.29 is 23.9 Å². The second-order valence-corrected chi connectivity index (χ2v) is 8.61. The Kier molecular flexibility index (Phi) is 9.63. The third kappa shape index (κ3) is 6.72. The molecular formula is C26H32N4O5S. The van der Waals surface area contributed by atoms with Gasteiger partial charge in [0.25, 0.3) is 5.91 Å². The monoisotopic (exact) mass is 512 g/mol. The number of hydrazine groups is 1. The van der Waals surface area contributed by atoms with Crippen molar-refractivity contribution in [3.8, 4) is 11.5 Å². The predicted octanol–water partition coefficient (Wildman–Crippen LogP) is 4.04. The minimum atomic E-state index is -0.988. The summed E-state index contributed by atoms with van der Waals surface area (Å²) in [5, 5.41) is 4.23. The molecule has 1 atom stereocenters. The van der Waals surface area contributed by atoms with Crippen LogP contribution in [0.5, 0.6) is 11.5 Å². The lowest BCUT2D eigenvalue weighted by Crippen LogP contribution is -2.49. The number of rotatable bonds is 12. The van der Waals surface area contributed by atoms with Crippen LogP contribution in [0.4, 0.5) is 11.4 Å². The Morgan fingerprint density at radius 3 is 2.25 bits per heavy atom. The van der Waals surface area contributed by atoms with Crippen LogP contribution in [0.2, 0.25) is 0 Å². The minimum absolute atomic E-state index is 0.105. The number of anilines is 2. The van der Waals surface area contributed by atoms with Crippen LogP contribution < -0.4 is 25.1 Å². The summed E-state index contributed by atoms with van der Waals surface area (Å²) in [5.41, 5.74) is 3.84. The van der Waals surface area contributed by atoms with Crippen molar-refractivity contribution in [2.45, 2.75) is 52.0 Å². The molecule has 9 nitrogen and oxygen atoms in total. The van der Waals surface area contributed by atoms with Crippen molar-refractivity contribution in [3.05, 3.63) is 48.5 Å². The van der Waals surface area contributed by atoms with Gasteiger partial charge in [-0.05, 0) is 74.1 Å². The van der Waals surface area contributed by atoms with Crippen LogP contribution in [-0.4, -0.2) is 47.6 Å². The fraction of sp³-hybridized carbons (Fsp3) is 0.385. The summed E-state index contributed by atoms with van der Waals surface area (Å²) in [5.74, 6) is 0.276. The first kappa shape index (κ1) is 26.9. The van der Waals surface area contributed by atoms with Gasteiger partial charge in [-0.25, -0.2) is 5.01 Å². The van der Waals surface area contributed by atoms with E-state index in [-0.39, 0.29) is 23.3 Å². The van der Waals surface area contributed by atoms with Crippen molar-refractivity contribution in [3.63, 3.8) is 0 Å². The van der Waals surface area contributed by atoms with E-state index in [0.717, 1.165) is 19.3 Å². The van der Waals surface area contributed by atoms with Gasteiger partial charge < -0.3 is 14.8 Å². The van der Waals surface area contributed by atoms with Gasteiger partial charge in [-0.1, -0.05) is 19.8 Å². The van der Waals surface area contributed by atoms with Crippen molar-refractivity contribution in [2.24, 2.45) is 0 Å². The normalized spacial score (nSPS) is 15.1. The molecule has 2 aromatic rings. The van der Waals surface area contributed by atoms with E-state index in [1.165, 1.54) is 9.91 Å². The van der Waals surface area contributed by atoms with E-state index in [4.69, 9.17) is 21.7 Å². The Balaban J connectivity index is 1.77. The van der Waals surface area contributed by atoms with Crippen LogP contribution in [0.25, 0.3) is 0 Å². The number of nitrogens with one attached hydrogen (secondary N) is 2. The minimum Gasteiger partial charge on any atom is -0.497 e. The first-order valence-electron chi connectivity index (χ1n) is 12.0. The Labute approximate surface area is 216 Å². The molecular weight excluding hydrogens is 480 g/mol. The molecule has 1 aliphatic heterocycles. The molecule has 192 valence electrons. The number of carbonyl (C=O) groups is 3. The number of amides is 3. The number of thiocarbonyl (C=S) groups is 1. The highest BCUT2D eigenvalue weighted by molar-refractivity contribution is 7.80. The highest BCUT2D eigenvalue weighted by Gasteiger charge is 2.45. The van der Waals surface area contributed by atoms with E-state index in [1.54, 1.807) is 55.6 Å². The van der Waals surface area contributed by atoms with Crippen LogP contribution in [0.3, 0.4) is 0 Å². The highest BCUT2D eigenvalue weighted by Crippen LogP contribution is 2.28. The first-order valence-corrected chi connectivity index (χ1v) is 12.4. The lowest BCUT2D eigenvalue weighted by Gasteiger charge is -2.24. The molecule has 2 aromatic carbocycles. The van der Waals surface area contributed by atoms with Crippen molar-refractivity contribution in [1.82, 2.24) is 10.4 Å². The number of nitrogens with zero attached hydrogens (tertiary/aromatic N) is 2. The molecule has 1 heterocycles. The molecule has 0 aliphatic carbocycles. The lowest BCUT2D eigenvalue weighted by molar-refractivity contribution is -0.129. The van der Waals surface area contributed by atoms with E-state index in [0.29, 0.717) is 35.9 Å². The van der Waals surface area contributed by atoms with E-state index >= 15 is 0 Å². The van der Waals surface area contributed by atoms with Crippen molar-refractivity contribution in [2.75, 3.05) is 23.9 Å². The van der Waals surface area contributed by atoms with Crippen LogP contribution in [0.1, 0.15) is 46.0 Å². The number of unbranched alkanes of at least 4 members (excludes halogenated alkanes) is 2. The predicted molar refractivity (Wildman–Crippen MR) is 142 cm³/mol. The summed E-state index contributed by atoms with van der Waals surface area (Å²) in [7, 11) is 1.55. The standard InChI is InChI=1S/C26H32N4O5S/c1-4-6-7-8-23(31)28-30-22(17-24(32)27-18-9-13-21(14-10-18)35-5-2)25(33)29(26(30)36)19-11-15-20(34-3)16-12-19/h9-16,22H,4-8,17H2,1-3H3,(H,27,32)(H,28,31). The molecule has 0 aromatic heterocycles. The van der Waals surface area contributed by atoms with Gasteiger partial charge >= 0.3 is 0 Å². The molecule has 1 fully saturated rings. The number of carbonyl (C=O) groups excluding carboxylic acids is 3. The summed E-state index contributed by atoms with van der Waals surface area (Å²) < 4.78 is 10.6. The molecule has 1 aliphatic rings. The molecule has 3 amide bonds. The van der Waals surface area contributed by atoms with E-state index < -0.39 is 11.9 Å². The molecule has 0 bridgehead atoms. The van der Waals surface area contributed by atoms with Crippen molar-refractivity contribution >= 4 is 46.4 Å². The van der Waals surface area contributed by atoms with Gasteiger partial charge in [0.05, 0.1) is 25.8 Å². The Hall–Kier alpha value is -3.66. The number of ether oxygens (including phenoxy) is 2. The maximum absolute atomic E-state index is 13.4. The smallest absolute Gasteiger partial charge is 0.258 e. The van der Waals surface area contributed by atoms with Crippen LogP contribution in [0, 0.1) is 0 Å². The maximum Gasteiger partial charge on any atom is 0.258 e. The average Bonchev–Trinajstić information content (AvgIpc) is 3.09. The maximum atomic E-state index is 13.4. The number of methoxy groups -OCH3 is 1. The average molecular weight is 513 g/mol. The second kappa shape index (κ2) is 12.9. The zero-order chi connectivity index (χ0) is 26.1. The molecule has 1 saturated heterocycles. The van der Waals surface area contributed by atoms with Gasteiger partial charge in [-0.3, -0.25) is 24.7 Å². The van der Waals surface area contributed by atoms with Gasteiger partial charge in [0, 0.05) is 12.1 Å². The summed E-state index contributed by atoms with van der Waals surface area (Å²) >= 11 is 5.57. The molecule has 0 radical (unpaired) electrons. The fourth-order valence-corrected chi connectivity index (χ4v) is 4.15. The molecule has 3 rings (SSSR count). The SMILES string of the molecule is CCCCCC(=O)NN1C(=S)N(c2ccc(OC)cc2)C(=O)C1CC(=O)Nc1ccc(OCC)cc1.